The van der Waals surface area contributed by atoms with Crippen LogP contribution in [0.25, 0.3) is 0 Å². The average Bonchev–Trinajstić information content (AvgIpc) is 2.37. The number of benzene rings is 1. The molecule has 1 aliphatic heterocycles. The summed E-state index contributed by atoms with van der Waals surface area (Å²) in [5, 5.41) is 10.4. The summed E-state index contributed by atoms with van der Waals surface area (Å²) < 4.78 is 0. The van der Waals surface area contributed by atoms with Crippen molar-refractivity contribution in [2.24, 2.45) is 11.8 Å². The quantitative estimate of drug-likeness (QED) is 0.902. The fraction of sp³-hybridized carbons (Fsp3) is 0.647. The molecule has 0 bridgehead atoms. The van der Waals surface area contributed by atoms with Gasteiger partial charge in [-0.15, -0.1) is 0 Å². The van der Waals surface area contributed by atoms with Gasteiger partial charge in [0.1, 0.15) is 0 Å². The zero-order valence-electron chi connectivity index (χ0n) is 12.7. The molecule has 19 heavy (non-hydrogen) atoms. The first-order chi connectivity index (χ1) is 8.97. The van der Waals surface area contributed by atoms with Crippen LogP contribution >= 0.6 is 0 Å². The van der Waals surface area contributed by atoms with Gasteiger partial charge in [0.2, 0.25) is 0 Å². The maximum absolute atomic E-state index is 10.4. The zero-order valence-corrected chi connectivity index (χ0v) is 12.7. The summed E-state index contributed by atoms with van der Waals surface area (Å²) in [7, 11) is 0. The minimum Gasteiger partial charge on any atom is -0.387 e. The van der Waals surface area contributed by atoms with E-state index in [1.165, 1.54) is 17.5 Å². The van der Waals surface area contributed by atoms with E-state index in [-0.39, 0.29) is 6.10 Å². The molecule has 0 aromatic heterocycles. The minimum absolute atomic E-state index is 0.361. The molecule has 0 spiro atoms. The van der Waals surface area contributed by atoms with Crippen molar-refractivity contribution in [2.45, 2.75) is 40.2 Å². The van der Waals surface area contributed by atoms with E-state index in [1.54, 1.807) is 0 Å². The van der Waals surface area contributed by atoms with Crippen molar-refractivity contribution < 1.29 is 5.11 Å². The van der Waals surface area contributed by atoms with Crippen molar-refractivity contribution in [3.05, 3.63) is 34.9 Å². The summed E-state index contributed by atoms with van der Waals surface area (Å²) in [6.07, 6.45) is 0.890. The second kappa shape index (κ2) is 6.06. The Morgan fingerprint density at radius 2 is 1.95 bits per heavy atom. The Hall–Kier alpha value is -0.860. The molecule has 1 heterocycles. The van der Waals surface area contributed by atoms with Gasteiger partial charge in [-0.25, -0.2) is 0 Å². The first kappa shape index (κ1) is 14.5. The maximum atomic E-state index is 10.4. The number of rotatable bonds is 3. The predicted molar refractivity (Wildman–Crippen MR) is 80.3 cm³/mol. The molecule has 2 nitrogen and oxygen atoms in total. The molecule has 2 heteroatoms. The third-order valence-electron chi connectivity index (χ3n) is 4.77. The molecule has 1 aromatic rings. The van der Waals surface area contributed by atoms with Crippen LogP contribution in [0.2, 0.25) is 0 Å². The Kier molecular flexibility index (Phi) is 4.64. The number of hydrogen-bond acceptors (Lipinski definition) is 2. The van der Waals surface area contributed by atoms with E-state index in [2.05, 4.69) is 50.8 Å². The molecule has 106 valence electrons. The normalized spacial score (nSPS) is 26.4. The molecule has 1 fully saturated rings. The van der Waals surface area contributed by atoms with Gasteiger partial charge in [0.05, 0.1) is 6.10 Å². The van der Waals surface area contributed by atoms with Crippen molar-refractivity contribution in [1.29, 1.82) is 0 Å². The second-order valence-corrected chi connectivity index (χ2v) is 6.36. The summed E-state index contributed by atoms with van der Waals surface area (Å²) in [5.41, 5.74) is 3.60. The summed E-state index contributed by atoms with van der Waals surface area (Å²) in [5.74, 6) is 1.55. The molecular weight excluding hydrogens is 234 g/mol. The van der Waals surface area contributed by atoms with Gasteiger partial charge >= 0.3 is 0 Å². The van der Waals surface area contributed by atoms with Gasteiger partial charge < -0.3 is 10.0 Å². The van der Waals surface area contributed by atoms with Crippen LogP contribution in [0.15, 0.2) is 18.2 Å². The topological polar surface area (TPSA) is 23.5 Å². The van der Waals surface area contributed by atoms with Gasteiger partial charge in [-0.05, 0) is 55.3 Å². The van der Waals surface area contributed by atoms with Crippen molar-refractivity contribution in [2.75, 3.05) is 19.6 Å². The number of aliphatic hydroxyl groups excluding tert-OH is 1. The van der Waals surface area contributed by atoms with Crippen LogP contribution in [0.4, 0.5) is 0 Å². The van der Waals surface area contributed by atoms with Crippen molar-refractivity contribution in [3.8, 4) is 0 Å². The number of likely N-dealkylation sites (tertiary alicyclic amines) is 1. The molecule has 2 rings (SSSR count). The molecule has 3 atom stereocenters. The van der Waals surface area contributed by atoms with Gasteiger partial charge in [-0.1, -0.05) is 32.0 Å². The fourth-order valence-electron chi connectivity index (χ4n) is 2.84. The van der Waals surface area contributed by atoms with Crippen molar-refractivity contribution in [3.63, 3.8) is 0 Å². The fourth-order valence-corrected chi connectivity index (χ4v) is 2.84. The molecule has 1 aromatic carbocycles. The third-order valence-corrected chi connectivity index (χ3v) is 4.77. The van der Waals surface area contributed by atoms with Crippen LogP contribution in [0.5, 0.6) is 0 Å². The van der Waals surface area contributed by atoms with Crippen LogP contribution in [0.1, 0.15) is 43.1 Å². The Morgan fingerprint density at radius 3 is 2.58 bits per heavy atom. The molecule has 1 aliphatic rings. The molecule has 0 amide bonds. The molecule has 1 N–H and O–H groups in total. The van der Waals surface area contributed by atoms with Gasteiger partial charge in [0.15, 0.2) is 0 Å². The summed E-state index contributed by atoms with van der Waals surface area (Å²) >= 11 is 0. The van der Waals surface area contributed by atoms with Crippen LogP contribution in [-0.2, 0) is 0 Å². The lowest BCUT2D eigenvalue weighted by molar-refractivity contribution is 0.0705. The van der Waals surface area contributed by atoms with Crippen LogP contribution in [0, 0.1) is 25.7 Å². The van der Waals surface area contributed by atoms with Gasteiger partial charge in [0, 0.05) is 13.1 Å². The molecule has 0 radical (unpaired) electrons. The zero-order chi connectivity index (χ0) is 14.0. The highest BCUT2D eigenvalue weighted by molar-refractivity contribution is 5.31. The van der Waals surface area contributed by atoms with Crippen molar-refractivity contribution >= 4 is 0 Å². The summed E-state index contributed by atoms with van der Waals surface area (Å²) in [6.45, 7) is 11.9. The smallest absolute Gasteiger partial charge is 0.0917 e. The Labute approximate surface area is 117 Å². The number of aliphatic hydroxyl groups is 1. The Morgan fingerprint density at radius 1 is 1.21 bits per heavy atom. The minimum atomic E-state index is -0.361. The van der Waals surface area contributed by atoms with E-state index in [4.69, 9.17) is 0 Å². The average molecular weight is 261 g/mol. The lowest BCUT2D eigenvalue weighted by atomic mass is 9.88. The summed E-state index contributed by atoms with van der Waals surface area (Å²) in [6, 6.07) is 6.29. The molecule has 1 saturated heterocycles. The highest BCUT2D eigenvalue weighted by Gasteiger charge is 2.24. The SMILES string of the molecule is Cc1ccc(C(O)CN2CCC(C)C(C)C2)cc1C. The lowest BCUT2D eigenvalue weighted by Crippen LogP contribution is -2.40. The first-order valence-corrected chi connectivity index (χ1v) is 7.45. The Bertz CT molecular complexity index is 429. The largest absolute Gasteiger partial charge is 0.387 e. The van der Waals surface area contributed by atoms with Crippen LogP contribution < -0.4 is 0 Å². The predicted octanol–water partition coefficient (Wildman–Crippen LogP) is 3.31. The van der Waals surface area contributed by atoms with E-state index < -0.39 is 0 Å². The second-order valence-electron chi connectivity index (χ2n) is 6.36. The first-order valence-electron chi connectivity index (χ1n) is 7.45. The highest BCUT2D eigenvalue weighted by atomic mass is 16.3. The number of hydrogen-bond donors (Lipinski definition) is 1. The molecule has 0 aliphatic carbocycles. The monoisotopic (exact) mass is 261 g/mol. The number of aryl methyl sites for hydroxylation is 2. The van der Waals surface area contributed by atoms with Crippen LogP contribution in [0.3, 0.4) is 0 Å². The van der Waals surface area contributed by atoms with E-state index in [0.29, 0.717) is 0 Å². The molecule has 3 unspecified atom stereocenters. The highest BCUT2D eigenvalue weighted by Crippen LogP contribution is 2.25. The van der Waals surface area contributed by atoms with E-state index in [0.717, 1.165) is 37.0 Å². The third kappa shape index (κ3) is 3.58. The maximum Gasteiger partial charge on any atom is 0.0917 e. The number of piperidine rings is 1. The van der Waals surface area contributed by atoms with E-state index in [1.807, 2.05) is 0 Å². The molecular formula is C17H27NO. The number of β-amino-alcohol motifs (C(OH)–C–C–N with tert-alkyl or cyclic N) is 1. The van der Waals surface area contributed by atoms with E-state index >= 15 is 0 Å². The summed E-state index contributed by atoms with van der Waals surface area (Å²) in [4.78, 5) is 2.41. The van der Waals surface area contributed by atoms with Gasteiger partial charge in [-0.3, -0.25) is 0 Å². The van der Waals surface area contributed by atoms with Crippen LogP contribution in [-0.4, -0.2) is 29.6 Å². The standard InChI is InChI=1S/C17H27NO/c1-12-5-6-16(9-14(12)3)17(19)11-18-8-7-13(2)15(4)10-18/h5-6,9,13,15,17,19H,7-8,10-11H2,1-4H3. The molecule has 0 saturated carbocycles. The number of nitrogens with zero attached hydrogens (tertiary/aromatic N) is 1. The van der Waals surface area contributed by atoms with Gasteiger partial charge in [0.25, 0.3) is 0 Å². The lowest BCUT2D eigenvalue weighted by Gasteiger charge is -2.36. The van der Waals surface area contributed by atoms with E-state index in [9.17, 15) is 5.11 Å². The van der Waals surface area contributed by atoms with Gasteiger partial charge in [-0.2, -0.15) is 0 Å². The van der Waals surface area contributed by atoms with Crippen molar-refractivity contribution in [1.82, 2.24) is 4.90 Å². The Balaban J connectivity index is 1.97.